The highest BCUT2D eigenvalue weighted by molar-refractivity contribution is 9.10. The van der Waals surface area contributed by atoms with Crippen LogP contribution in [0.4, 0.5) is 0 Å². The lowest BCUT2D eigenvalue weighted by atomic mass is 10.1. The Hall–Kier alpha value is -0.890. The number of benzene rings is 1. The Morgan fingerprint density at radius 3 is 2.73 bits per heavy atom. The summed E-state index contributed by atoms with van der Waals surface area (Å²) in [5, 5.41) is 1.19. The minimum absolute atomic E-state index is 0.655. The van der Waals surface area contributed by atoms with E-state index >= 15 is 0 Å². The van der Waals surface area contributed by atoms with Gasteiger partial charge in [0.25, 0.3) is 0 Å². The lowest BCUT2D eigenvalue weighted by molar-refractivity contribution is 0.637. The lowest BCUT2D eigenvalue weighted by Crippen LogP contribution is -1.97. The van der Waals surface area contributed by atoms with Crippen LogP contribution >= 0.6 is 15.9 Å². The van der Waals surface area contributed by atoms with Gasteiger partial charge in [0.15, 0.2) is 0 Å². The van der Waals surface area contributed by atoms with Crippen LogP contribution in [0.3, 0.4) is 0 Å². The van der Waals surface area contributed by atoms with Gasteiger partial charge >= 0.3 is 0 Å². The molecule has 1 nitrogen and oxygen atoms in total. The Balaban J connectivity index is 2.48. The van der Waals surface area contributed by atoms with Gasteiger partial charge in [-0.25, -0.2) is 0 Å². The number of fused-ring (bicyclic) bond motifs is 1. The second kappa shape index (κ2) is 4.31. The third kappa shape index (κ3) is 2.37. The van der Waals surface area contributed by atoms with Crippen LogP contribution in [0.25, 0.3) is 10.9 Å². The van der Waals surface area contributed by atoms with E-state index in [0.717, 1.165) is 16.4 Å². The van der Waals surface area contributed by atoms with Crippen LogP contribution in [0, 0.1) is 5.92 Å². The molecule has 1 aromatic carbocycles. The number of nitrogens with zero attached hydrogens (tertiary/aromatic N) is 1. The van der Waals surface area contributed by atoms with Crippen molar-refractivity contribution >= 4 is 26.8 Å². The van der Waals surface area contributed by atoms with Crippen LogP contribution in [0.2, 0.25) is 0 Å². The molecule has 0 atom stereocenters. The van der Waals surface area contributed by atoms with E-state index in [0.29, 0.717) is 5.92 Å². The first kappa shape index (κ1) is 10.6. The van der Waals surface area contributed by atoms with E-state index in [1.54, 1.807) is 0 Å². The van der Waals surface area contributed by atoms with Gasteiger partial charge in [-0.1, -0.05) is 35.8 Å². The highest BCUT2D eigenvalue weighted by Crippen LogP contribution is 2.23. The molecule has 2 heteroatoms. The summed E-state index contributed by atoms with van der Waals surface area (Å²) in [5.41, 5.74) is 2.25. The maximum atomic E-state index is 4.65. The number of pyridine rings is 1. The fourth-order valence-electron chi connectivity index (χ4n) is 1.69. The third-order valence-corrected chi connectivity index (χ3v) is 3.05. The molecule has 0 fully saturated rings. The van der Waals surface area contributed by atoms with Gasteiger partial charge in [0.05, 0.1) is 5.52 Å². The van der Waals surface area contributed by atoms with Crippen LogP contribution in [-0.4, -0.2) is 4.98 Å². The third-order valence-electron chi connectivity index (χ3n) is 2.35. The van der Waals surface area contributed by atoms with Crippen LogP contribution < -0.4 is 0 Å². The molecule has 15 heavy (non-hydrogen) atoms. The number of halogens is 1. The van der Waals surface area contributed by atoms with E-state index in [9.17, 15) is 0 Å². The zero-order chi connectivity index (χ0) is 10.8. The van der Waals surface area contributed by atoms with Crippen molar-refractivity contribution in [1.29, 1.82) is 0 Å². The first-order valence-electron chi connectivity index (χ1n) is 5.21. The molecule has 0 unspecified atom stereocenters. The van der Waals surface area contributed by atoms with Gasteiger partial charge in [-0.05, 0) is 36.6 Å². The molecule has 2 aromatic rings. The Morgan fingerprint density at radius 2 is 2.00 bits per heavy atom. The average Bonchev–Trinajstić information content (AvgIpc) is 2.17. The SMILES string of the molecule is CC(C)Cc1ccc2c(Br)cccc2n1. The Labute approximate surface area is 98.7 Å². The molecule has 0 spiro atoms. The van der Waals surface area contributed by atoms with Gasteiger partial charge in [-0.15, -0.1) is 0 Å². The standard InChI is InChI=1S/C13H14BrN/c1-9(2)8-10-6-7-11-12(14)4-3-5-13(11)15-10/h3-7,9H,8H2,1-2H3. The normalized spacial score (nSPS) is 11.2. The van der Waals surface area contributed by atoms with E-state index in [2.05, 4.69) is 53.0 Å². The summed E-state index contributed by atoms with van der Waals surface area (Å²) in [6.45, 7) is 4.43. The van der Waals surface area contributed by atoms with Gasteiger partial charge in [0.2, 0.25) is 0 Å². The van der Waals surface area contributed by atoms with Gasteiger partial charge in [-0.3, -0.25) is 4.98 Å². The van der Waals surface area contributed by atoms with Crippen molar-refractivity contribution < 1.29 is 0 Å². The Bertz CT molecular complexity index is 477. The summed E-state index contributed by atoms with van der Waals surface area (Å²) >= 11 is 3.53. The molecule has 1 aromatic heterocycles. The number of hydrogen-bond donors (Lipinski definition) is 0. The lowest BCUT2D eigenvalue weighted by Gasteiger charge is -2.06. The fourth-order valence-corrected chi connectivity index (χ4v) is 2.18. The largest absolute Gasteiger partial charge is 0.253 e. The summed E-state index contributed by atoms with van der Waals surface area (Å²) in [7, 11) is 0. The fraction of sp³-hybridized carbons (Fsp3) is 0.308. The van der Waals surface area contributed by atoms with Crippen molar-refractivity contribution in [3.63, 3.8) is 0 Å². The van der Waals surface area contributed by atoms with E-state index in [-0.39, 0.29) is 0 Å². The second-order valence-corrected chi connectivity index (χ2v) is 5.06. The number of rotatable bonds is 2. The van der Waals surface area contributed by atoms with Crippen LogP contribution in [0.15, 0.2) is 34.8 Å². The molecule has 78 valence electrons. The topological polar surface area (TPSA) is 12.9 Å². The highest BCUT2D eigenvalue weighted by Gasteiger charge is 2.02. The molecule has 0 aliphatic heterocycles. The summed E-state index contributed by atoms with van der Waals surface area (Å²) in [6.07, 6.45) is 1.04. The maximum absolute atomic E-state index is 4.65. The first-order chi connectivity index (χ1) is 7.16. The highest BCUT2D eigenvalue weighted by atomic mass is 79.9. The Morgan fingerprint density at radius 1 is 1.20 bits per heavy atom. The molecular formula is C13H14BrN. The zero-order valence-electron chi connectivity index (χ0n) is 9.00. The van der Waals surface area contributed by atoms with Crippen LogP contribution in [0.5, 0.6) is 0 Å². The predicted octanol–water partition coefficient (Wildman–Crippen LogP) is 4.20. The van der Waals surface area contributed by atoms with Gasteiger partial charge in [-0.2, -0.15) is 0 Å². The minimum Gasteiger partial charge on any atom is -0.253 e. The number of aromatic nitrogens is 1. The molecule has 0 aliphatic carbocycles. The summed E-state index contributed by atoms with van der Waals surface area (Å²) in [5.74, 6) is 0.655. The first-order valence-corrected chi connectivity index (χ1v) is 6.00. The average molecular weight is 264 g/mol. The molecule has 0 aliphatic rings. The molecule has 0 saturated heterocycles. The quantitative estimate of drug-likeness (QED) is 0.792. The molecule has 2 rings (SSSR count). The molecule has 0 radical (unpaired) electrons. The van der Waals surface area contributed by atoms with E-state index in [1.807, 2.05) is 12.1 Å². The van der Waals surface area contributed by atoms with E-state index in [1.165, 1.54) is 11.1 Å². The van der Waals surface area contributed by atoms with Crippen molar-refractivity contribution in [2.24, 2.45) is 5.92 Å². The zero-order valence-corrected chi connectivity index (χ0v) is 10.6. The van der Waals surface area contributed by atoms with Gasteiger partial charge in [0, 0.05) is 15.6 Å². The van der Waals surface area contributed by atoms with Gasteiger partial charge in [0.1, 0.15) is 0 Å². The molecule has 0 N–H and O–H groups in total. The molecule has 0 saturated carbocycles. The summed E-state index contributed by atoms with van der Waals surface area (Å²) < 4.78 is 1.11. The van der Waals surface area contributed by atoms with E-state index < -0.39 is 0 Å². The molecule has 0 bridgehead atoms. The maximum Gasteiger partial charge on any atom is 0.0716 e. The minimum atomic E-state index is 0.655. The van der Waals surface area contributed by atoms with Crippen molar-refractivity contribution in [3.05, 3.63) is 40.5 Å². The van der Waals surface area contributed by atoms with Gasteiger partial charge < -0.3 is 0 Å². The van der Waals surface area contributed by atoms with Crippen molar-refractivity contribution in [2.45, 2.75) is 20.3 Å². The predicted molar refractivity (Wildman–Crippen MR) is 68.0 cm³/mol. The smallest absolute Gasteiger partial charge is 0.0716 e. The van der Waals surface area contributed by atoms with E-state index in [4.69, 9.17) is 0 Å². The van der Waals surface area contributed by atoms with Crippen molar-refractivity contribution in [3.8, 4) is 0 Å². The van der Waals surface area contributed by atoms with Crippen LogP contribution in [-0.2, 0) is 6.42 Å². The summed E-state index contributed by atoms with van der Waals surface area (Å²) in [4.78, 5) is 4.65. The number of hydrogen-bond acceptors (Lipinski definition) is 1. The Kier molecular flexibility index (Phi) is 3.06. The van der Waals surface area contributed by atoms with Crippen LogP contribution in [0.1, 0.15) is 19.5 Å². The summed E-state index contributed by atoms with van der Waals surface area (Å²) in [6, 6.07) is 10.4. The molecular weight excluding hydrogens is 250 g/mol. The second-order valence-electron chi connectivity index (χ2n) is 4.21. The molecule has 1 heterocycles. The molecule has 0 amide bonds. The monoisotopic (exact) mass is 263 g/mol. The van der Waals surface area contributed by atoms with Crippen molar-refractivity contribution in [2.75, 3.05) is 0 Å². The van der Waals surface area contributed by atoms with Crippen molar-refractivity contribution in [1.82, 2.24) is 4.98 Å².